The molecule has 0 saturated carbocycles. The van der Waals surface area contributed by atoms with E-state index in [-0.39, 0.29) is 6.04 Å². The molecular weight excluding hydrogens is 290 g/mol. The lowest BCUT2D eigenvalue weighted by molar-refractivity contribution is 0.613. The average molecular weight is 311 g/mol. The van der Waals surface area contributed by atoms with Gasteiger partial charge in [-0.05, 0) is 32.4 Å². The van der Waals surface area contributed by atoms with Crippen LogP contribution < -0.4 is 10.6 Å². The monoisotopic (exact) mass is 311 g/mol. The van der Waals surface area contributed by atoms with Gasteiger partial charge in [0.1, 0.15) is 0 Å². The van der Waals surface area contributed by atoms with Gasteiger partial charge in [0.15, 0.2) is 17.0 Å². The van der Waals surface area contributed by atoms with Crippen LogP contribution in [0.4, 0.5) is 17.5 Å². The van der Waals surface area contributed by atoms with E-state index in [0.29, 0.717) is 5.95 Å². The van der Waals surface area contributed by atoms with Crippen LogP contribution in [0.2, 0.25) is 0 Å². The Hall–Kier alpha value is -2.70. The molecular formula is C16H21N7. The minimum Gasteiger partial charge on any atom is -0.368 e. The van der Waals surface area contributed by atoms with Crippen LogP contribution >= 0.6 is 0 Å². The van der Waals surface area contributed by atoms with Crippen LogP contribution in [0.25, 0.3) is 11.2 Å². The van der Waals surface area contributed by atoms with Crippen LogP contribution in [0.1, 0.15) is 33.2 Å². The van der Waals surface area contributed by atoms with Crippen molar-refractivity contribution in [2.45, 2.75) is 33.2 Å². The number of hydrogen-bond acceptors (Lipinski definition) is 6. The van der Waals surface area contributed by atoms with E-state index in [0.717, 1.165) is 35.6 Å². The summed E-state index contributed by atoms with van der Waals surface area (Å²) in [5.41, 5.74) is 2.52. The molecule has 3 aromatic rings. The number of pyridine rings is 1. The lowest BCUT2D eigenvalue weighted by Gasteiger charge is -2.11. The highest BCUT2D eigenvalue weighted by Crippen LogP contribution is 2.24. The molecule has 0 atom stereocenters. The first-order chi connectivity index (χ1) is 11.2. The second-order valence-corrected chi connectivity index (χ2v) is 5.60. The SMILES string of the molecule is CCCNc1nc(Nc2ccncc2)nc2c1ncn2C(C)C. The Bertz CT molecular complexity index is 780. The Morgan fingerprint density at radius 1 is 1.17 bits per heavy atom. The van der Waals surface area contributed by atoms with E-state index in [2.05, 4.69) is 51.3 Å². The van der Waals surface area contributed by atoms with Gasteiger partial charge >= 0.3 is 0 Å². The Labute approximate surface area is 135 Å². The summed E-state index contributed by atoms with van der Waals surface area (Å²) in [6, 6.07) is 4.04. The van der Waals surface area contributed by atoms with Crippen molar-refractivity contribution in [1.82, 2.24) is 24.5 Å². The molecule has 0 amide bonds. The lowest BCUT2D eigenvalue weighted by atomic mass is 10.4. The van der Waals surface area contributed by atoms with Crippen molar-refractivity contribution >= 4 is 28.6 Å². The molecule has 0 bridgehead atoms. The molecule has 3 rings (SSSR count). The zero-order chi connectivity index (χ0) is 16.2. The first-order valence-electron chi connectivity index (χ1n) is 7.84. The Balaban J connectivity index is 2.05. The van der Waals surface area contributed by atoms with Crippen molar-refractivity contribution in [2.75, 3.05) is 17.2 Å². The number of anilines is 3. The number of aromatic nitrogens is 5. The second-order valence-electron chi connectivity index (χ2n) is 5.60. The smallest absolute Gasteiger partial charge is 0.231 e. The predicted octanol–water partition coefficient (Wildman–Crippen LogP) is 3.37. The minimum atomic E-state index is 0.280. The number of nitrogens with one attached hydrogen (secondary N) is 2. The maximum Gasteiger partial charge on any atom is 0.231 e. The quantitative estimate of drug-likeness (QED) is 0.726. The van der Waals surface area contributed by atoms with Gasteiger partial charge in [-0.1, -0.05) is 6.92 Å². The zero-order valence-electron chi connectivity index (χ0n) is 13.6. The largest absolute Gasteiger partial charge is 0.368 e. The van der Waals surface area contributed by atoms with Gasteiger partial charge in [-0.2, -0.15) is 9.97 Å². The van der Waals surface area contributed by atoms with Crippen molar-refractivity contribution in [2.24, 2.45) is 0 Å². The standard InChI is InChI=1S/C16H21N7/c1-4-7-18-14-13-15(23(10-19-13)11(2)3)22-16(21-14)20-12-5-8-17-9-6-12/h5-6,8-11H,4,7H2,1-3H3,(H2,17,18,20,21,22). The first-order valence-corrected chi connectivity index (χ1v) is 7.84. The van der Waals surface area contributed by atoms with Gasteiger partial charge in [0.05, 0.1) is 6.33 Å². The summed E-state index contributed by atoms with van der Waals surface area (Å²) in [6.45, 7) is 7.18. The van der Waals surface area contributed by atoms with E-state index >= 15 is 0 Å². The summed E-state index contributed by atoms with van der Waals surface area (Å²) in [6.07, 6.45) is 6.30. The Morgan fingerprint density at radius 3 is 2.65 bits per heavy atom. The zero-order valence-corrected chi connectivity index (χ0v) is 13.6. The third-order valence-corrected chi connectivity index (χ3v) is 3.46. The van der Waals surface area contributed by atoms with Gasteiger partial charge in [0, 0.05) is 30.7 Å². The summed E-state index contributed by atoms with van der Waals surface area (Å²) in [5.74, 6) is 1.30. The highest BCUT2D eigenvalue weighted by molar-refractivity contribution is 5.84. The van der Waals surface area contributed by atoms with Crippen LogP contribution in [0.3, 0.4) is 0 Å². The lowest BCUT2D eigenvalue weighted by Crippen LogP contribution is -2.08. The summed E-state index contributed by atoms with van der Waals surface area (Å²) < 4.78 is 2.05. The highest BCUT2D eigenvalue weighted by atomic mass is 15.2. The molecule has 0 aromatic carbocycles. The number of rotatable bonds is 6. The predicted molar refractivity (Wildman–Crippen MR) is 92.0 cm³/mol. The molecule has 0 saturated heterocycles. The van der Waals surface area contributed by atoms with Crippen molar-refractivity contribution in [3.8, 4) is 0 Å². The van der Waals surface area contributed by atoms with Crippen LogP contribution in [-0.4, -0.2) is 31.0 Å². The van der Waals surface area contributed by atoms with Crippen molar-refractivity contribution in [1.29, 1.82) is 0 Å². The fourth-order valence-corrected chi connectivity index (χ4v) is 2.28. The molecule has 0 fully saturated rings. The molecule has 0 aliphatic rings. The molecule has 7 nitrogen and oxygen atoms in total. The number of imidazole rings is 1. The van der Waals surface area contributed by atoms with E-state index in [4.69, 9.17) is 0 Å². The van der Waals surface area contributed by atoms with Gasteiger partial charge in [-0.25, -0.2) is 4.98 Å². The molecule has 120 valence electrons. The minimum absolute atomic E-state index is 0.280. The average Bonchev–Trinajstić information content (AvgIpc) is 2.98. The fourth-order valence-electron chi connectivity index (χ4n) is 2.28. The van der Waals surface area contributed by atoms with Crippen molar-refractivity contribution < 1.29 is 0 Å². The summed E-state index contributed by atoms with van der Waals surface area (Å²) >= 11 is 0. The Morgan fingerprint density at radius 2 is 1.96 bits per heavy atom. The van der Waals surface area contributed by atoms with E-state index in [9.17, 15) is 0 Å². The van der Waals surface area contributed by atoms with Crippen LogP contribution in [-0.2, 0) is 0 Å². The van der Waals surface area contributed by atoms with Gasteiger partial charge in [-0.3, -0.25) is 4.98 Å². The first kappa shape index (κ1) is 15.2. The van der Waals surface area contributed by atoms with E-state index < -0.39 is 0 Å². The summed E-state index contributed by atoms with van der Waals surface area (Å²) in [5, 5.41) is 6.56. The van der Waals surface area contributed by atoms with E-state index in [1.54, 1.807) is 12.4 Å². The summed E-state index contributed by atoms with van der Waals surface area (Å²) in [4.78, 5) is 17.7. The van der Waals surface area contributed by atoms with Crippen molar-refractivity contribution in [3.63, 3.8) is 0 Å². The fraction of sp³-hybridized carbons (Fsp3) is 0.375. The normalized spacial score (nSPS) is 11.1. The van der Waals surface area contributed by atoms with Gasteiger partial charge in [-0.15, -0.1) is 0 Å². The van der Waals surface area contributed by atoms with Gasteiger partial charge in [0.2, 0.25) is 5.95 Å². The molecule has 2 N–H and O–H groups in total. The van der Waals surface area contributed by atoms with Crippen LogP contribution in [0, 0.1) is 0 Å². The molecule has 7 heteroatoms. The van der Waals surface area contributed by atoms with Crippen LogP contribution in [0.15, 0.2) is 30.9 Å². The number of nitrogens with zero attached hydrogens (tertiary/aromatic N) is 5. The van der Waals surface area contributed by atoms with Crippen LogP contribution in [0.5, 0.6) is 0 Å². The maximum atomic E-state index is 4.64. The highest BCUT2D eigenvalue weighted by Gasteiger charge is 2.14. The Kier molecular flexibility index (Phi) is 4.36. The molecule has 0 aliphatic heterocycles. The molecule has 0 spiro atoms. The number of fused-ring (bicyclic) bond motifs is 1. The summed E-state index contributed by atoms with van der Waals surface area (Å²) in [7, 11) is 0. The van der Waals surface area contributed by atoms with Gasteiger partial charge < -0.3 is 15.2 Å². The molecule has 23 heavy (non-hydrogen) atoms. The second kappa shape index (κ2) is 6.60. The van der Waals surface area contributed by atoms with E-state index in [1.165, 1.54) is 0 Å². The molecule has 0 aliphatic carbocycles. The van der Waals surface area contributed by atoms with E-state index in [1.807, 2.05) is 23.0 Å². The molecule has 3 heterocycles. The number of hydrogen-bond donors (Lipinski definition) is 2. The topological polar surface area (TPSA) is 80.6 Å². The maximum absolute atomic E-state index is 4.64. The molecule has 0 radical (unpaired) electrons. The third-order valence-electron chi connectivity index (χ3n) is 3.46. The van der Waals surface area contributed by atoms with Gasteiger partial charge in [0.25, 0.3) is 0 Å². The van der Waals surface area contributed by atoms with Crippen molar-refractivity contribution in [3.05, 3.63) is 30.9 Å². The third kappa shape index (κ3) is 3.23. The molecule has 0 unspecified atom stereocenters. The molecule has 3 aromatic heterocycles.